The van der Waals surface area contributed by atoms with Gasteiger partial charge in [-0.15, -0.1) is 0 Å². The Hall–Kier alpha value is -1.63. The lowest BCUT2D eigenvalue weighted by molar-refractivity contribution is -0.154. The van der Waals surface area contributed by atoms with E-state index in [0.29, 0.717) is 13.0 Å². The van der Waals surface area contributed by atoms with Crippen LogP contribution in [-0.4, -0.2) is 55.6 Å². The fourth-order valence-electron chi connectivity index (χ4n) is 1.29. The van der Waals surface area contributed by atoms with E-state index in [1.807, 2.05) is 6.92 Å². The number of amides is 1. The molecule has 18 heavy (non-hydrogen) atoms. The zero-order valence-corrected chi connectivity index (χ0v) is 11.0. The van der Waals surface area contributed by atoms with Crippen molar-refractivity contribution in [2.45, 2.75) is 26.3 Å². The largest absolute Gasteiger partial charge is 0.468 e. The highest BCUT2D eigenvalue weighted by atomic mass is 16.5. The summed E-state index contributed by atoms with van der Waals surface area (Å²) in [5.41, 5.74) is 5.48. The van der Waals surface area contributed by atoms with Crippen LogP contribution in [0.2, 0.25) is 0 Å². The van der Waals surface area contributed by atoms with Crippen molar-refractivity contribution in [3.63, 3.8) is 0 Å². The minimum atomic E-state index is -1.40. The van der Waals surface area contributed by atoms with Crippen molar-refractivity contribution >= 4 is 17.8 Å². The van der Waals surface area contributed by atoms with E-state index in [1.165, 1.54) is 12.0 Å². The van der Waals surface area contributed by atoms with E-state index < -0.39 is 23.9 Å². The molecule has 0 saturated carbocycles. The number of rotatable bonds is 7. The van der Waals surface area contributed by atoms with E-state index in [4.69, 9.17) is 5.73 Å². The number of carbonyl (C=O) groups excluding carboxylic acids is 3. The molecule has 1 atom stereocenters. The normalized spacial score (nSPS) is 11.6. The fraction of sp³-hybridized carbons (Fsp3) is 0.727. The minimum Gasteiger partial charge on any atom is -0.468 e. The second kappa shape index (κ2) is 8.46. The average Bonchev–Trinajstić information content (AvgIpc) is 2.36. The lowest BCUT2D eigenvalue weighted by Crippen LogP contribution is -2.50. The second-order valence-corrected chi connectivity index (χ2v) is 3.57. The van der Waals surface area contributed by atoms with Crippen molar-refractivity contribution in [1.82, 2.24) is 4.90 Å². The van der Waals surface area contributed by atoms with Gasteiger partial charge in [-0.05, 0) is 13.3 Å². The second-order valence-electron chi connectivity index (χ2n) is 3.57. The maximum absolute atomic E-state index is 11.9. The molecule has 0 aromatic heterocycles. The monoisotopic (exact) mass is 260 g/mol. The lowest BCUT2D eigenvalue weighted by Gasteiger charge is -2.23. The van der Waals surface area contributed by atoms with E-state index in [1.54, 1.807) is 6.92 Å². The van der Waals surface area contributed by atoms with E-state index in [-0.39, 0.29) is 13.2 Å². The molecule has 104 valence electrons. The predicted molar refractivity (Wildman–Crippen MR) is 63.5 cm³/mol. The predicted octanol–water partition coefficient (Wildman–Crippen LogP) is -0.712. The zero-order valence-electron chi connectivity index (χ0n) is 11.0. The maximum Gasteiger partial charge on any atom is 0.332 e. The molecule has 7 heteroatoms. The van der Waals surface area contributed by atoms with Crippen LogP contribution in [0.5, 0.6) is 0 Å². The number of hydrogen-bond donors (Lipinski definition) is 1. The molecule has 0 saturated heterocycles. The van der Waals surface area contributed by atoms with Crippen LogP contribution in [0.25, 0.3) is 0 Å². The first-order valence-electron chi connectivity index (χ1n) is 5.75. The summed E-state index contributed by atoms with van der Waals surface area (Å²) in [6.45, 7) is 3.70. The summed E-state index contributed by atoms with van der Waals surface area (Å²) in [7, 11) is 1.22. The minimum absolute atomic E-state index is 0.143. The number of esters is 2. The Morgan fingerprint density at radius 1 is 1.28 bits per heavy atom. The number of carbonyl (C=O) groups is 3. The number of nitrogens with zero attached hydrogens (tertiary/aromatic N) is 1. The van der Waals surface area contributed by atoms with Gasteiger partial charge in [0.25, 0.3) is 5.91 Å². The van der Waals surface area contributed by atoms with E-state index >= 15 is 0 Å². The van der Waals surface area contributed by atoms with Crippen LogP contribution in [0.4, 0.5) is 0 Å². The van der Waals surface area contributed by atoms with Crippen molar-refractivity contribution in [3.05, 3.63) is 0 Å². The van der Waals surface area contributed by atoms with Crippen molar-refractivity contribution in [3.8, 4) is 0 Å². The molecular formula is C11H20N2O5. The lowest BCUT2D eigenvalue weighted by atomic mass is 10.2. The molecule has 0 aliphatic rings. The Morgan fingerprint density at radius 2 is 1.89 bits per heavy atom. The third-order valence-corrected chi connectivity index (χ3v) is 2.16. The van der Waals surface area contributed by atoms with Gasteiger partial charge in [0.2, 0.25) is 0 Å². The molecule has 0 aromatic carbocycles. The van der Waals surface area contributed by atoms with Gasteiger partial charge < -0.3 is 20.1 Å². The van der Waals surface area contributed by atoms with Gasteiger partial charge in [-0.2, -0.15) is 0 Å². The first-order valence-corrected chi connectivity index (χ1v) is 5.75. The third-order valence-electron chi connectivity index (χ3n) is 2.16. The molecule has 0 rings (SSSR count). The number of hydrogen-bond acceptors (Lipinski definition) is 6. The number of methoxy groups -OCH3 is 1. The molecule has 0 bridgehead atoms. The average molecular weight is 260 g/mol. The van der Waals surface area contributed by atoms with Gasteiger partial charge in [0, 0.05) is 6.54 Å². The standard InChI is InChI=1S/C11H20N2O5/c1-4-6-13(7-8(14)17-3)10(15)9(12)11(16)18-5-2/h9H,4-7,12H2,1-3H3. The molecular weight excluding hydrogens is 240 g/mol. The summed E-state index contributed by atoms with van der Waals surface area (Å²) in [5, 5.41) is 0. The summed E-state index contributed by atoms with van der Waals surface area (Å²) in [6, 6.07) is -1.40. The summed E-state index contributed by atoms with van der Waals surface area (Å²) in [4.78, 5) is 35.6. The third kappa shape index (κ3) is 5.13. The van der Waals surface area contributed by atoms with Crippen LogP contribution in [0.1, 0.15) is 20.3 Å². The van der Waals surface area contributed by atoms with Crippen molar-refractivity contribution in [2.24, 2.45) is 5.73 Å². The van der Waals surface area contributed by atoms with E-state index in [0.717, 1.165) is 0 Å². The van der Waals surface area contributed by atoms with Gasteiger partial charge in [0.1, 0.15) is 6.54 Å². The Morgan fingerprint density at radius 3 is 2.33 bits per heavy atom. The van der Waals surface area contributed by atoms with Crippen LogP contribution in [0, 0.1) is 0 Å². The SMILES string of the molecule is CCCN(CC(=O)OC)C(=O)C(N)C(=O)OCC. The Bertz CT molecular complexity index is 306. The van der Waals surface area contributed by atoms with Crippen LogP contribution >= 0.6 is 0 Å². The highest BCUT2D eigenvalue weighted by Crippen LogP contribution is 1.99. The van der Waals surface area contributed by atoms with Crippen molar-refractivity contribution in [1.29, 1.82) is 0 Å². The van der Waals surface area contributed by atoms with Crippen LogP contribution in [0.15, 0.2) is 0 Å². The topological polar surface area (TPSA) is 98.9 Å². The van der Waals surface area contributed by atoms with Gasteiger partial charge in [-0.25, -0.2) is 4.79 Å². The highest BCUT2D eigenvalue weighted by Gasteiger charge is 2.29. The highest BCUT2D eigenvalue weighted by molar-refractivity contribution is 6.02. The number of nitrogens with two attached hydrogens (primary N) is 1. The van der Waals surface area contributed by atoms with Gasteiger partial charge in [0.05, 0.1) is 13.7 Å². The maximum atomic E-state index is 11.9. The van der Waals surface area contributed by atoms with Crippen molar-refractivity contribution in [2.75, 3.05) is 26.8 Å². The van der Waals surface area contributed by atoms with E-state index in [2.05, 4.69) is 9.47 Å². The summed E-state index contributed by atoms with van der Waals surface area (Å²) in [6.07, 6.45) is 0.637. The molecule has 1 unspecified atom stereocenters. The molecule has 7 nitrogen and oxygen atoms in total. The van der Waals surface area contributed by atoms with Crippen LogP contribution < -0.4 is 5.73 Å². The molecule has 0 aliphatic carbocycles. The Labute approximate surface area is 106 Å². The zero-order chi connectivity index (χ0) is 14.1. The van der Waals surface area contributed by atoms with E-state index in [9.17, 15) is 14.4 Å². The van der Waals surface area contributed by atoms with Crippen LogP contribution in [-0.2, 0) is 23.9 Å². The smallest absolute Gasteiger partial charge is 0.332 e. The molecule has 0 heterocycles. The number of ether oxygens (including phenoxy) is 2. The summed E-state index contributed by atoms with van der Waals surface area (Å²) in [5.74, 6) is -2.00. The molecule has 2 N–H and O–H groups in total. The van der Waals surface area contributed by atoms with Gasteiger partial charge in [0.15, 0.2) is 6.04 Å². The molecule has 0 radical (unpaired) electrons. The molecule has 0 fully saturated rings. The Balaban J connectivity index is 4.63. The van der Waals surface area contributed by atoms with Crippen molar-refractivity contribution < 1.29 is 23.9 Å². The van der Waals surface area contributed by atoms with Crippen LogP contribution in [0.3, 0.4) is 0 Å². The molecule has 1 amide bonds. The summed E-state index contributed by atoms with van der Waals surface area (Å²) < 4.78 is 9.13. The summed E-state index contributed by atoms with van der Waals surface area (Å²) >= 11 is 0. The fourth-order valence-corrected chi connectivity index (χ4v) is 1.29. The van der Waals surface area contributed by atoms with Gasteiger partial charge >= 0.3 is 11.9 Å². The van der Waals surface area contributed by atoms with Gasteiger partial charge in [-0.1, -0.05) is 6.92 Å². The Kier molecular flexibility index (Phi) is 7.69. The first kappa shape index (κ1) is 16.4. The first-order chi connectivity index (χ1) is 8.47. The molecule has 0 aromatic rings. The quantitative estimate of drug-likeness (QED) is 0.479. The van der Waals surface area contributed by atoms with Gasteiger partial charge in [-0.3, -0.25) is 9.59 Å². The molecule has 0 aliphatic heterocycles. The molecule has 0 spiro atoms.